The largest absolute Gasteiger partial charge is 0.467 e. The van der Waals surface area contributed by atoms with Crippen LogP contribution in [0.25, 0.3) is 0 Å². The molecule has 0 bridgehead atoms. The Morgan fingerprint density at radius 1 is 1.09 bits per heavy atom. The summed E-state index contributed by atoms with van der Waals surface area (Å²) in [4.78, 5) is 31.6. The molecule has 34 heavy (non-hydrogen) atoms. The first kappa shape index (κ1) is 22.9. The van der Waals surface area contributed by atoms with Gasteiger partial charge < -0.3 is 19.1 Å². The number of rotatable bonds is 5. The van der Waals surface area contributed by atoms with Crippen LogP contribution < -0.4 is 4.90 Å². The van der Waals surface area contributed by atoms with E-state index in [-0.39, 0.29) is 17.2 Å². The number of thioether (sulfide) groups is 1. The molecule has 2 saturated heterocycles. The Kier molecular flexibility index (Phi) is 6.57. The van der Waals surface area contributed by atoms with Gasteiger partial charge in [-0.05, 0) is 54.4 Å². The van der Waals surface area contributed by atoms with Crippen LogP contribution in [0.15, 0.2) is 65.3 Å². The van der Waals surface area contributed by atoms with Gasteiger partial charge in [0, 0.05) is 42.5 Å². The number of carbonyl (C=O) groups excluding carboxylic acids is 2. The number of nitrogens with zero attached hydrogens (tertiary/aromatic N) is 3. The minimum atomic E-state index is -0.0776. The average Bonchev–Trinajstić information content (AvgIpc) is 3.51. The van der Waals surface area contributed by atoms with Crippen LogP contribution in [-0.2, 0) is 11.3 Å². The first-order chi connectivity index (χ1) is 16.5. The Bertz CT molecular complexity index is 1170. The third-order valence-corrected chi connectivity index (χ3v) is 7.89. The highest BCUT2D eigenvalue weighted by Gasteiger charge is 2.33. The van der Waals surface area contributed by atoms with E-state index in [1.165, 1.54) is 5.56 Å². The van der Waals surface area contributed by atoms with Gasteiger partial charge in [0.15, 0.2) is 0 Å². The van der Waals surface area contributed by atoms with Gasteiger partial charge in [0.1, 0.15) is 11.1 Å². The molecule has 1 atom stereocenters. The summed E-state index contributed by atoms with van der Waals surface area (Å²) in [6.45, 7) is 5.39. The van der Waals surface area contributed by atoms with E-state index in [9.17, 15) is 9.59 Å². The maximum atomic E-state index is 13.1. The number of benzene rings is 2. The number of halogens is 1. The van der Waals surface area contributed by atoms with Crippen molar-refractivity contribution in [1.82, 2.24) is 9.80 Å². The fraction of sp³-hybridized carbons (Fsp3) is 0.308. The lowest BCUT2D eigenvalue weighted by atomic mass is 10.1. The number of aryl methyl sites for hydroxylation is 1. The van der Waals surface area contributed by atoms with Gasteiger partial charge in [0.25, 0.3) is 5.91 Å². The van der Waals surface area contributed by atoms with Crippen LogP contribution in [0.4, 0.5) is 5.69 Å². The number of hydrogen-bond acceptors (Lipinski definition) is 5. The average molecular weight is 496 g/mol. The normalized spacial score (nSPS) is 18.6. The zero-order valence-corrected chi connectivity index (χ0v) is 20.5. The molecule has 2 aliphatic heterocycles. The topological polar surface area (TPSA) is 57.0 Å². The van der Waals surface area contributed by atoms with Crippen molar-refractivity contribution in [2.24, 2.45) is 0 Å². The summed E-state index contributed by atoms with van der Waals surface area (Å²) in [5, 5.41) is 0.648. The van der Waals surface area contributed by atoms with Crippen molar-refractivity contribution in [3.63, 3.8) is 0 Å². The lowest BCUT2D eigenvalue weighted by Crippen LogP contribution is -2.49. The number of amides is 2. The predicted molar refractivity (Wildman–Crippen MR) is 135 cm³/mol. The summed E-state index contributed by atoms with van der Waals surface area (Å²) >= 11 is 7.79. The number of carbonyl (C=O) groups is 2. The number of anilines is 1. The molecule has 5 rings (SSSR count). The molecular formula is C26H26ClN3O3S. The van der Waals surface area contributed by atoms with Crippen molar-refractivity contribution in [2.75, 3.05) is 36.8 Å². The van der Waals surface area contributed by atoms with Crippen LogP contribution in [0.5, 0.6) is 0 Å². The Labute approximate surface area is 208 Å². The van der Waals surface area contributed by atoms with Crippen LogP contribution in [0, 0.1) is 6.92 Å². The molecule has 3 aromatic rings. The molecule has 0 aliphatic carbocycles. The Morgan fingerprint density at radius 3 is 2.56 bits per heavy atom. The van der Waals surface area contributed by atoms with Crippen LogP contribution in [-0.4, -0.2) is 53.5 Å². The molecule has 6 nitrogen and oxygen atoms in total. The third-order valence-electron chi connectivity index (χ3n) is 6.40. The zero-order valence-electron chi connectivity index (χ0n) is 18.9. The van der Waals surface area contributed by atoms with Gasteiger partial charge in [-0.3, -0.25) is 9.59 Å². The summed E-state index contributed by atoms with van der Waals surface area (Å²) in [6, 6.07) is 17.3. The molecule has 1 aromatic heterocycles. The van der Waals surface area contributed by atoms with Gasteiger partial charge in [0.05, 0.1) is 18.6 Å². The van der Waals surface area contributed by atoms with Crippen molar-refractivity contribution in [1.29, 1.82) is 0 Å². The van der Waals surface area contributed by atoms with Crippen LogP contribution in [0.3, 0.4) is 0 Å². The van der Waals surface area contributed by atoms with E-state index in [0.717, 1.165) is 35.1 Å². The van der Waals surface area contributed by atoms with Gasteiger partial charge >= 0.3 is 0 Å². The van der Waals surface area contributed by atoms with Crippen molar-refractivity contribution < 1.29 is 14.0 Å². The minimum Gasteiger partial charge on any atom is -0.467 e. The van der Waals surface area contributed by atoms with E-state index < -0.39 is 0 Å². The standard InChI is InChI=1S/C26H26ClN3O3S/c1-18-4-9-21(27)15-23(18)28-10-12-29(13-11-28)25(32)19-5-7-20(8-6-19)26-30(24(31)17-34-26)16-22-3-2-14-33-22/h2-9,14-15,26H,10-13,16-17H2,1H3/t26-/m1/s1. The summed E-state index contributed by atoms with van der Waals surface area (Å²) < 4.78 is 5.43. The lowest BCUT2D eigenvalue weighted by molar-refractivity contribution is -0.128. The molecule has 3 heterocycles. The summed E-state index contributed by atoms with van der Waals surface area (Å²) in [7, 11) is 0. The third kappa shape index (κ3) is 4.68. The molecule has 0 unspecified atom stereocenters. The Hall–Kier alpha value is -2.90. The second-order valence-corrected chi connectivity index (χ2v) is 10.1. The molecule has 2 aromatic carbocycles. The van der Waals surface area contributed by atoms with Crippen LogP contribution in [0.1, 0.15) is 32.6 Å². The highest BCUT2D eigenvalue weighted by Crippen LogP contribution is 2.39. The second-order valence-electron chi connectivity index (χ2n) is 8.60. The highest BCUT2D eigenvalue weighted by molar-refractivity contribution is 8.00. The highest BCUT2D eigenvalue weighted by atomic mass is 35.5. The monoisotopic (exact) mass is 495 g/mol. The summed E-state index contributed by atoms with van der Waals surface area (Å²) in [5.74, 6) is 1.35. The van der Waals surface area contributed by atoms with E-state index in [1.54, 1.807) is 18.0 Å². The number of hydrogen-bond donors (Lipinski definition) is 0. The number of furan rings is 1. The molecule has 2 amide bonds. The van der Waals surface area contributed by atoms with Gasteiger partial charge in [-0.2, -0.15) is 0 Å². The molecule has 0 N–H and O–H groups in total. The Balaban J connectivity index is 1.23. The van der Waals surface area contributed by atoms with Gasteiger partial charge in [0.2, 0.25) is 5.91 Å². The van der Waals surface area contributed by atoms with E-state index in [2.05, 4.69) is 11.8 Å². The SMILES string of the molecule is Cc1ccc(Cl)cc1N1CCN(C(=O)c2ccc([C@H]3SCC(=O)N3Cc3ccco3)cc2)CC1. The molecule has 176 valence electrons. The molecule has 8 heteroatoms. The summed E-state index contributed by atoms with van der Waals surface area (Å²) in [6.07, 6.45) is 1.62. The molecule has 0 radical (unpaired) electrons. The van der Waals surface area contributed by atoms with E-state index in [0.29, 0.717) is 31.0 Å². The smallest absolute Gasteiger partial charge is 0.253 e. The van der Waals surface area contributed by atoms with Crippen LogP contribution in [0.2, 0.25) is 5.02 Å². The second kappa shape index (κ2) is 9.76. The fourth-order valence-corrected chi connectivity index (χ4v) is 5.87. The predicted octanol–water partition coefficient (Wildman–Crippen LogP) is 4.98. The number of piperazine rings is 1. The van der Waals surface area contributed by atoms with E-state index in [4.69, 9.17) is 16.0 Å². The first-order valence-electron chi connectivity index (χ1n) is 11.3. The van der Waals surface area contributed by atoms with Gasteiger partial charge in [-0.25, -0.2) is 0 Å². The molecule has 0 saturated carbocycles. The van der Waals surface area contributed by atoms with Crippen molar-refractivity contribution in [3.8, 4) is 0 Å². The van der Waals surface area contributed by atoms with Crippen molar-refractivity contribution >= 4 is 40.9 Å². The van der Waals surface area contributed by atoms with Gasteiger partial charge in [-0.1, -0.05) is 29.8 Å². The molecule has 2 aliphatic rings. The lowest BCUT2D eigenvalue weighted by Gasteiger charge is -2.37. The van der Waals surface area contributed by atoms with E-state index >= 15 is 0 Å². The van der Waals surface area contributed by atoms with Crippen molar-refractivity contribution in [3.05, 3.63) is 88.3 Å². The van der Waals surface area contributed by atoms with E-state index in [1.807, 2.05) is 64.4 Å². The first-order valence-corrected chi connectivity index (χ1v) is 12.8. The molecular weight excluding hydrogens is 470 g/mol. The maximum absolute atomic E-state index is 13.1. The summed E-state index contributed by atoms with van der Waals surface area (Å²) in [5.41, 5.74) is 4.00. The quantitative estimate of drug-likeness (QED) is 0.499. The molecule has 0 spiro atoms. The zero-order chi connectivity index (χ0) is 23.7. The van der Waals surface area contributed by atoms with Crippen LogP contribution >= 0.6 is 23.4 Å². The minimum absolute atomic E-state index is 0.0385. The van der Waals surface area contributed by atoms with Gasteiger partial charge in [-0.15, -0.1) is 11.8 Å². The van der Waals surface area contributed by atoms with Crippen molar-refractivity contribution in [2.45, 2.75) is 18.8 Å². The maximum Gasteiger partial charge on any atom is 0.253 e. The molecule has 2 fully saturated rings. The Morgan fingerprint density at radius 2 is 1.85 bits per heavy atom. The fourth-order valence-electron chi connectivity index (χ4n) is 4.52.